The number of amides is 2. The number of carbonyl (C=O) groups excluding carboxylic acids is 2. The van der Waals surface area contributed by atoms with Crippen molar-refractivity contribution in [2.45, 2.75) is 146 Å². The van der Waals surface area contributed by atoms with Crippen molar-refractivity contribution < 1.29 is 23.1 Å². The first-order valence-corrected chi connectivity index (χ1v) is 32.2. The highest BCUT2D eigenvalue weighted by atomic mass is 35.5. The van der Waals surface area contributed by atoms with Crippen LogP contribution in [-0.4, -0.2) is 139 Å². The number of aliphatic hydroxyl groups excluding tert-OH is 1. The summed E-state index contributed by atoms with van der Waals surface area (Å²) in [6.45, 7) is 12.3. The Kier molecular flexibility index (Phi) is 15.2. The Morgan fingerprint density at radius 3 is 2.35 bits per heavy atom. The molecular weight excluding hydrogens is 1070 g/mol. The zero-order valence-corrected chi connectivity index (χ0v) is 48.9. The number of halogens is 1. The fourth-order valence-electron chi connectivity index (χ4n) is 14.5. The molecule has 0 radical (unpaired) electrons. The van der Waals surface area contributed by atoms with E-state index in [1.807, 2.05) is 75.8 Å². The number of fused-ring (bicyclic) bond motifs is 7. The number of nitrogens with zero attached hydrogens (tertiary/aromatic N) is 9. The Hall–Kier alpha value is -5.37. The van der Waals surface area contributed by atoms with E-state index < -0.39 is 39.5 Å². The minimum absolute atomic E-state index is 0.0176. The van der Waals surface area contributed by atoms with E-state index in [9.17, 15) is 27.9 Å². The van der Waals surface area contributed by atoms with Crippen molar-refractivity contribution in [2.75, 3.05) is 57.3 Å². The SMILES string of the molecule is Cc1ncsc1-c1ccc([C@H](CN2CCS(=O)(=O)CC2)NC(=O)[C@@H]2C[C@@H](O)CN2C(=O)[C@@H](n2cc(C3CCC(CN4CCC(c5ccc6c(c5)-n5c(nc(=O)c7c(Cl)cccc75)C65CCCCC5)CC4)CC3)nn2)C(C)(C)C)cc1. The molecule has 4 aliphatic heterocycles. The standard InChI is InChI=1S/C61H75ClN10O6S2/c1-38-54(79-37-63-38)43-17-15-41(16-18-43)48(35-69-27-29-80(77,78)30-28-69)64-56(74)52-32-45(73)34-70(52)58(76)55(60(2,3)4)71-36-49(66-67-71)42-13-11-39(12-14-42)33-68-25-21-40(22-26-68)44-19-20-46-51(31-44)72-50-10-8-9-47(62)53(50)57(75)65-59(72)61(46)23-6-5-7-24-61/h8-10,15-20,31,36-37,39-40,42,45,48,52,55,73H,5-7,11-14,21-30,32-35H2,1-4H3,(H,64,74)/t39?,42?,45-,48+,52+,55-/m1/s1. The summed E-state index contributed by atoms with van der Waals surface area (Å²) >= 11 is 8.23. The third kappa shape index (κ3) is 10.7. The number of thiazole rings is 1. The lowest BCUT2D eigenvalue weighted by Crippen LogP contribution is -2.52. The molecule has 6 aromatic rings. The van der Waals surface area contributed by atoms with Crippen molar-refractivity contribution in [2.24, 2.45) is 11.3 Å². The van der Waals surface area contributed by atoms with E-state index in [2.05, 4.69) is 48.1 Å². The van der Waals surface area contributed by atoms with Crippen molar-refractivity contribution in [1.82, 2.24) is 49.5 Å². The smallest absolute Gasteiger partial charge is 0.282 e. The first kappa shape index (κ1) is 55.2. The topological polar surface area (TPSA) is 189 Å². The second-order valence-electron chi connectivity index (χ2n) is 25.1. The summed E-state index contributed by atoms with van der Waals surface area (Å²) in [7, 11) is -3.12. The van der Waals surface area contributed by atoms with E-state index in [4.69, 9.17) is 21.7 Å². The summed E-state index contributed by atoms with van der Waals surface area (Å²) in [5.41, 5.74) is 9.13. The van der Waals surface area contributed by atoms with Crippen LogP contribution in [0.1, 0.15) is 156 Å². The highest BCUT2D eigenvalue weighted by Gasteiger charge is 2.48. The van der Waals surface area contributed by atoms with Gasteiger partial charge in [0.1, 0.15) is 17.9 Å². The normalized spacial score (nSPS) is 24.2. The molecule has 0 unspecified atom stereocenters. The third-order valence-corrected chi connectivity index (χ3v) is 21.7. The number of sulfone groups is 1. The maximum atomic E-state index is 14.9. The van der Waals surface area contributed by atoms with Gasteiger partial charge in [-0.15, -0.1) is 16.4 Å². The molecule has 1 spiro atoms. The number of β-amino-alcohol motifs (C(OH)–C–C–N with tert-alkyl or cyclic N) is 1. The average molecular weight is 1140 g/mol. The monoisotopic (exact) mass is 1140 g/mol. The van der Waals surface area contributed by atoms with Crippen LogP contribution in [0.3, 0.4) is 0 Å². The molecule has 3 saturated heterocycles. The van der Waals surface area contributed by atoms with Crippen molar-refractivity contribution in [3.05, 3.63) is 122 Å². The van der Waals surface area contributed by atoms with Crippen LogP contribution >= 0.6 is 22.9 Å². The number of piperidine rings is 1. The van der Waals surface area contributed by atoms with Gasteiger partial charge in [-0.1, -0.05) is 99.3 Å². The van der Waals surface area contributed by atoms with E-state index >= 15 is 0 Å². The Morgan fingerprint density at radius 1 is 0.912 bits per heavy atom. The fourth-order valence-corrected chi connectivity index (χ4v) is 16.8. The Morgan fingerprint density at radius 2 is 1.65 bits per heavy atom. The van der Waals surface area contributed by atoms with Gasteiger partial charge in [0.15, 0.2) is 9.84 Å². The number of carbonyl (C=O) groups is 2. The molecule has 3 aromatic heterocycles. The predicted octanol–water partition coefficient (Wildman–Crippen LogP) is 8.92. The minimum Gasteiger partial charge on any atom is -0.391 e. The number of hydrogen-bond acceptors (Lipinski definition) is 13. The summed E-state index contributed by atoms with van der Waals surface area (Å²) in [6, 6.07) is 18.7. The first-order chi connectivity index (χ1) is 38.4. The third-order valence-electron chi connectivity index (χ3n) is 18.8. The molecule has 5 fully saturated rings. The van der Waals surface area contributed by atoms with E-state index in [0.717, 1.165) is 123 Å². The van der Waals surface area contributed by atoms with Crippen LogP contribution in [0.25, 0.3) is 27.0 Å². The molecule has 6 aliphatic rings. The van der Waals surface area contributed by atoms with Crippen LogP contribution in [0.4, 0.5) is 0 Å². The number of aliphatic hydroxyl groups is 1. The van der Waals surface area contributed by atoms with Gasteiger partial charge in [0.25, 0.3) is 5.56 Å². The molecule has 2 saturated carbocycles. The highest BCUT2D eigenvalue weighted by Crippen LogP contribution is 2.52. The number of nitrogens with one attached hydrogen (secondary N) is 1. The number of benzene rings is 3. The second-order valence-corrected chi connectivity index (χ2v) is 28.7. The highest BCUT2D eigenvalue weighted by molar-refractivity contribution is 7.91. The van der Waals surface area contributed by atoms with E-state index in [1.165, 1.54) is 28.1 Å². The van der Waals surface area contributed by atoms with Gasteiger partial charge in [0.2, 0.25) is 11.8 Å². The van der Waals surface area contributed by atoms with Gasteiger partial charge in [-0.3, -0.25) is 23.9 Å². The maximum Gasteiger partial charge on any atom is 0.282 e. The van der Waals surface area contributed by atoms with Crippen molar-refractivity contribution in [3.8, 4) is 16.1 Å². The van der Waals surface area contributed by atoms with E-state index in [-0.39, 0.29) is 53.2 Å². The maximum absolute atomic E-state index is 14.9. The van der Waals surface area contributed by atoms with Gasteiger partial charge in [-0.2, -0.15) is 4.98 Å². The van der Waals surface area contributed by atoms with Gasteiger partial charge in [-0.05, 0) is 129 Å². The van der Waals surface area contributed by atoms with E-state index in [0.29, 0.717) is 41.9 Å². The molecule has 7 heterocycles. The number of hydrogen-bond donors (Lipinski definition) is 2. The molecule has 19 heteroatoms. The summed E-state index contributed by atoms with van der Waals surface area (Å²) in [5.74, 6) is 1.62. The Labute approximate surface area is 478 Å². The van der Waals surface area contributed by atoms with E-state index in [1.54, 1.807) is 22.1 Å². The van der Waals surface area contributed by atoms with Crippen LogP contribution in [0.2, 0.25) is 5.02 Å². The predicted molar refractivity (Wildman–Crippen MR) is 312 cm³/mol. The van der Waals surface area contributed by atoms with Crippen LogP contribution in [0, 0.1) is 18.3 Å². The van der Waals surface area contributed by atoms with Crippen LogP contribution in [0.15, 0.2) is 77.2 Å². The quantitative estimate of drug-likeness (QED) is 0.119. The summed E-state index contributed by atoms with van der Waals surface area (Å²) in [6.07, 6.45) is 13.0. The number of aromatic nitrogens is 6. The lowest BCUT2D eigenvalue weighted by Gasteiger charge is -2.37. The Balaban J connectivity index is 0.679. The molecule has 12 rings (SSSR count). The van der Waals surface area contributed by atoms with Crippen LogP contribution in [0.5, 0.6) is 0 Å². The molecule has 3 aromatic carbocycles. The molecule has 424 valence electrons. The molecule has 2 aliphatic carbocycles. The lowest BCUT2D eigenvalue weighted by molar-refractivity contribution is -0.144. The van der Waals surface area contributed by atoms with Gasteiger partial charge < -0.3 is 20.2 Å². The molecule has 2 amide bonds. The zero-order valence-electron chi connectivity index (χ0n) is 46.5. The first-order valence-electron chi connectivity index (χ1n) is 29.2. The van der Waals surface area contributed by atoms with Crippen LogP contribution in [-0.2, 0) is 24.8 Å². The van der Waals surface area contributed by atoms with Gasteiger partial charge in [0.05, 0.1) is 72.5 Å². The second kappa shape index (κ2) is 22.1. The molecule has 4 atom stereocenters. The van der Waals surface area contributed by atoms with Gasteiger partial charge >= 0.3 is 0 Å². The molecule has 2 N–H and O–H groups in total. The lowest BCUT2D eigenvalue weighted by atomic mass is 9.69. The van der Waals surface area contributed by atoms with Crippen molar-refractivity contribution >= 4 is 55.5 Å². The summed E-state index contributed by atoms with van der Waals surface area (Å²) in [4.78, 5) is 59.6. The number of rotatable bonds is 12. The van der Waals surface area contributed by atoms with Gasteiger partial charge in [-0.25, -0.2) is 18.1 Å². The molecule has 0 bridgehead atoms. The van der Waals surface area contributed by atoms with Crippen molar-refractivity contribution in [1.29, 1.82) is 0 Å². The molecule has 80 heavy (non-hydrogen) atoms. The van der Waals surface area contributed by atoms with Crippen LogP contribution < -0.4 is 10.9 Å². The fraction of sp³-hybridized carbons (Fsp3) is 0.557. The molecule has 16 nitrogen and oxygen atoms in total. The number of likely N-dealkylation sites (tertiary alicyclic amines) is 2. The number of aryl methyl sites for hydroxylation is 1. The zero-order chi connectivity index (χ0) is 55.7. The molecular formula is C61H75ClN10O6S2. The largest absolute Gasteiger partial charge is 0.391 e. The van der Waals surface area contributed by atoms with Crippen molar-refractivity contribution in [3.63, 3.8) is 0 Å². The van der Waals surface area contributed by atoms with Gasteiger partial charge in [0, 0.05) is 51.3 Å². The minimum atomic E-state index is -3.12. The summed E-state index contributed by atoms with van der Waals surface area (Å²) < 4.78 is 28.7. The average Bonchev–Trinajstić information content (AvgIpc) is 3.05. The Bertz CT molecular complexity index is 3450. The summed E-state index contributed by atoms with van der Waals surface area (Å²) in [5, 5.41) is 24.7.